The molecule has 3 aromatic carbocycles. The van der Waals surface area contributed by atoms with Crippen LogP contribution in [0.1, 0.15) is 48.1 Å². The Labute approximate surface area is 237 Å². The van der Waals surface area contributed by atoms with Crippen LogP contribution in [0, 0.1) is 5.82 Å². The third-order valence-electron chi connectivity index (χ3n) is 6.53. The predicted octanol–water partition coefficient (Wildman–Crippen LogP) is 5.27. The first-order valence-corrected chi connectivity index (χ1v) is 13.4. The molecule has 0 bridgehead atoms. The summed E-state index contributed by atoms with van der Waals surface area (Å²) in [4.78, 5) is 39.9. The molecule has 1 aliphatic heterocycles. The molecule has 0 saturated carbocycles. The number of carbonyl (C=O) groups excluding carboxylic acids is 3. The van der Waals surface area contributed by atoms with Crippen LogP contribution in [0.5, 0.6) is 0 Å². The first-order chi connectivity index (χ1) is 19.3. The van der Waals surface area contributed by atoms with Crippen LogP contribution in [-0.2, 0) is 32.2 Å². The fourth-order valence-corrected chi connectivity index (χ4v) is 4.79. The van der Waals surface area contributed by atoms with E-state index >= 15 is 0 Å². The van der Waals surface area contributed by atoms with Crippen molar-refractivity contribution in [1.82, 2.24) is 10.6 Å². The Bertz CT molecular complexity index is 1380. The zero-order chi connectivity index (χ0) is 28.6. The minimum Gasteiger partial charge on any atom is -0.453 e. The zero-order valence-corrected chi connectivity index (χ0v) is 23.0. The number of benzene rings is 3. The van der Waals surface area contributed by atoms with E-state index in [0.29, 0.717) is 34.8 Å². The second kappa shape index (κ2) is 13.4. The number of anilines is 1. The molecule has 40 heavy (non-hydrogen) atoms. The van der Waals surface area contributed by atoms with Crippen molar-refractivity contribution in [1.29, 1.82) is 0 Å². The number of nitrogens with one attached hydrogen (secondary N) is 2. The average Bonchev–Trinajstić information content (AvgIpc) is 3.06. The van der Waals surface area contributed by atoms with E-state index in [1.54, 1.807) is 41.3 Å². The molecule has 210 valence electrons. The van der Waals surface area contributed by atoms with Crippen LogP contribution in [0.15, 0.2) is 66.7 Å². The van der Waals surface area contributed by atoms with Crippen molar-refractivity contribution >= 4 is 35.2 Å². The molecule has 1 heterocycles. The third-order valence-corrected chi connectivity index (χ3v) is 6.77. The van der Waals surface area contributed by atoms with E-state index < -0.39 is 30.0 Å². The number of ether oxygens (including phenoxy) is 2. The van der Waals surface area contributed by atoms with E-state index in [0.717, 1.165) is 11.1 Å². The van der Waals surface area contributed by atoms with Crippen molar-refractivity contribution in [2.24, 2.45) is 0 Å². The predicted molar refractivity (Wildman–Crippen MR) is 149 cm³/mol. The van der Waals surface area contributed by atoms with E-state index in [9.17, 15) is 18.8 Å². The molecule has 0 aliphatic carbocycles. The number of methoxy groups -OCH3 is 1. The smallest absolute Gasteiger partial charge is 0.407 e. The van der Waals surface area contributed by atoms with Crippen molar-refractivity contribution in [3.05, 3.63) is 99.8 Å². The number of rotatable bonds is 9. The highest BCUT2D eigenvalue weighted by Gasteiger charge is 2.37. The second-order valence-corrected chi connectivity index (χ2v) is 9.80. The Balaban J connectivity index is 1.65. The van der Waals surface area contributed by atoms with Crippen molar-refractivity contribution in [3.8, 4) is 0 Å². The van der Waals surface area contributed by atoms with Gasteiger partial charge in [0, 0.05) is 41.5 Å². The Hall–Kier alpha value is -3.95. The highest BCUT2D eigenvalue weighted by atomic mass is 35.5. The molecule has 8 nitrogen and oxygen atoms in total. The van der Waals surface area contributed by atoms with Gasteiger partial charge in [0.15, 0.2) is 0 Å². The minimum absolute atomic E-state index is 0.0143. The molecule has 4 rings (SSSR count). The van der Waals surface area contributed by atoms with Gasteiger partial charge in [-0.3, -0.25) is 9.59 Å². The maximum atomic E-state index is 14.0. The monoisotopic (exact) mass is 567 g/mol. The molecule has 2 atom stereocenters. The van der Waals surface area contributed by atoms with Crippen LogP contribution in [0.25, 0.3) is 0 Å². The van der Waals surface area contributed by atoms with Crippen molar-refractivity contribution in [3.63, 3.8) is 0 Å². The molecule has 0 fully saturated rings. The van der Waals surface area contributed by atoms with Crippen molar-refractivity contribution < 1.29 is 28.2 Å². The van der Waals surface area contributed by atoms with Gasteiger partial charge in [-0.1, -0.05) is 61.0 Å². The quantitative estimate of drug-likeness (QED) is 0.367. The highest BCUT2D eigenvalue weighted by molar-refractivity contribution is 6.30. The SMILES string of the molecule is CCCN1C(=O)C(CC(=O)NCc2ccccc2F)OC(c2cccc(CNC(=O)OC)c2)c2cc(Cl)ccc21. The van der Waals surface area contributed by atoms with Crippen LogP contribution in [-0.4, -0.2) is 37.7 Å². The number of hydrogen-bond acceptors (Lipinski definition) is 5. The largest absolute Gasteiger partial charge is 0.453 e. The van der Waals surface area contributed by atoms with Crippen LogP contribution in [0.2, 0.25) is 5.02 Å². The zero-order valence-electron chi connectivity index (χ0n) is 22.3. The molecule has 3 amide bonds. The van der Waals surface area contributed by atoms with Gasteiger partial charge in [-0.05, 0) is 41.8 Å². The Kier molecular flexibility index (Phi) is 9.74. The number of fused-ring (bicyclic) bond motifs is 1. The molecule has 0 spiro atoms. The number of carbonyl (C=O) groups is 3. The summed E-state index contributed by atoms with van der Waals surface area (Å²) in [6.45, 7) is 2.58. The van der Waals surface area contributed by atoms with E-state index in [-0.39, 0.29) is 25.4 Å². The summed E-state index contributed by atoms with van der Waals surface area (Å²) >= 11 is 6.39. The van der Waals surface area contributed by atoms with Gasteiger partial charge in [0.1, 0.15) is 18.0 Å². The normalized spacial score (nSPS) is 16.6. The van der Waals surface area contributed by atoms with Crippen LogP contribution in [0.3, 0.4) is 0 Å². The number of nitrogens with zero attached hydrogens (tertiary/aromatic N) is 1. The van der Waals surface area contributed by atoms with Crippen LogP contribution in [0.4, 0.5) is 14.9 Å². The molecule has 2 unspecified atom stereocenters. The highest BCUT2D eigenvalue weighted by Crippen LogP contribution is 2.40. The lowest BCUT2D eigenvalue weighted by Gasteiger charge is -2.24. The number of alkyl carbamates (subject to hydrolysis) is 1. The molecule has 1 aliphatic rings. The lowest BCUT2D eigenvalue weighted by Crippen LogP contribution is -2.42. The molecule has 3 aromatic rings. The molecule has 0 saturated heterocycles. The first kappa shape index (κ1) is 29.0. The van der Waals surface area contributed by atoms with Crippen LogP contribution >= 0.6 is 11.6 Å². The summed E-state index contributed by atoms with van der Waals surface area (Å²) in [6.07, 6.45) is -1.98. The lowest BCUT2D eigenvalue weighted by atomic mass is 9.97. The standard InChI is InChI=1S/C30H31ClFN3O5/c1-3-13-35-25-12-11-22(31)15-23(25)28(20-9-6-7-19(14-20)17-34-30(38)39-2)40-26(29(35)37)16-27(36)33-18-21-8-4-5-10-24(21)32/h4-12,14-15,26,28H,3,13,16-18H2,1-2H3,(H,33,36)(H,34,38). The number of halogens is 2. The van der Waals surface area contributed by atoms with Crippen LogP contribution < -0.4 is 15.5 Å². The van der Waals surface area contributed by atoms with E-state index in [2.05, 4.69) is 15.4 Å². The second-order valence-electron chi connectivity index (χ2n) is 9.36. The van der Waals surface area contributed by atoms with Gasteiger partial charge in [-0.25, -0.2) is 9.18 Å². The van der Waals surface area contributed by atoms with Gasteiger partial charge < -0.3 is 25.0 Å². The van der Waals surface area contributed by atoms with Gasteiger partial charge in [0.05, 0.1) is 13.5 Å². The first-order valence-electron chi connectivity index (χ1n) is 13.0. The summed E-state index contributed by atoms with van der Waals surface area (Å²) in [6, 6.07) is 18.8. The minimum atomic E-state index is -1.11. The lowest BCUT2D eigenvalue weighted by molar-refractivity contribution is -0.138. The van der Waals surface area contributed by atoms with Gasteiger partial charge in [0.2, 0.25) is 5.91 Å². The van der Waals surface area contributed by atoms with E-state index in [1.165, 1.54) is 13.2 Å². The molecular formula is C30H31ClFN3O5. The molecular weight excluding hydrogens is 537 g/mol. The fourth-order valence-electron chi connectivity index (χ4n) is 4.61. The van der Waals surface area contributed by atoms with E-state index in [4.69, 9.17) is 16.3 Å². The maximum Gasteiger partial charge on any atom is 0.407 e. The summed E-state index contributed by atoms with van der Waals surface area (Å²) in [7, 11) is 1.29. The summed E-state index contributed by atoms with van der Waals surface area (Å²) in [5, 5.41) is 5.82. The average molecular weight is 568 g/mol. The molecule has 0 aromatic heterocycles. The Morgan fingerprint density at radius 1 is 1.05 bits per heavy atom. The fraction of sp³-hybridized carbons (Fsp3) is 0.300. The summed E-state index contributed by atoms with van der Waals surface area (Å²) < 4.78 is 25.1. The van der Waals surface area contributed by atoms with E-state index in [1.807, 2.05) is 31.2 Å². The molecule has 10 heteroatoms. The molecule has 0 radical (unpaired) electrons. The molecule has 2 N–H and O–H groups in total. The topological polar surface area (TPSA) is 97.0 Å². The number of hydrogen-bond donors (Lipinski definition) is 2. The maximum absolute atomic E-state index is 14.0. The van der Waals surface area contributed by atoms with Gasteiger partial charge >= 0.3 is 6.09 Å². The summed E-state index contributed by atoms with van der Waals surface area (Å²) in [5.74, 6) is -1.22. The van der Waals surface area contributed by atoms with Gasteiger partial charge in [0.25, 0.3) is 5.91 Å². The van der Waals surface area contributed by atoms with Gasteiger partial charge in [-0.2, -0.15) is 0 Å². The summed E-state index contributed by atoms with van der Waals surface area (Å²) in [5.41, 5.74) is 3.18. The third kappa shape index (κ3) is 6.97. The number of amides is 3. The van der Waals surface area contributed by atoms with Crippen molar-refractivity contribution in [2.45, 2.75) is 45.1 Å². The van der Waals surface area contributed by atoms with Crippen molar-refractivity contribution in [2.75, 3.05) is 18.6 Å². The van der Waals surface area contributed by atoms with Gasteiger partial charge in [-0.15, -0.1) is 0 Å². The Morgan fingerprint density at radius 3 is 2.60 bits per heavy atom. The Morgan fingerprint density at radius 2 is 1.85 bits per heavy atom.